The molecule has 1 saturated carbocycles. The Hall–Kier alpha value is -3.29. The first-order chi connectivity index (χ1) is 15.4. The Morgan fingerprint density at radius 1 is 1.12 bits per heavy atom. The lowest BCUT2D eigenvalue weighted by atomic mass is 10.0. The molecule has 1 unspecified atom stereocenters. The monoisotopic (exact) mass is 436 g/mol. The topological polar surface area (TPSA) is 91.4 Å². The Bertz CT molecular complexity index is 1160. The summed E-state index contributed by atoms with van der Waals surface area (Å²) in [5, 5.41) is 7.22. The first-order valence-corrected chi connectivity index (χ1v) is 11.2. The maximum Gasteiger partial charge on any atom is 0.253 e. The summed E-state index contributed by atoms with van der Waals surface area (Å²) in [4.78, 5) is 17.8. The van der Waals surface area contributed by atoms with Crippen LogP contribution in [0.15, 0.2) is 28.8 Å². The van der Waals surface area contributed by atoms with E-state index < -0.39 is 0 Å². The van der Waals surface area contributed by atoms with Crippen molar-refractivity contribution in [1.82, 2.24) is 20.0 Å². The zero-order valence-electron chi connectivity index (χ0n) is 18.8. The number of amides is 1. The lowest BCUT2D eigenvalue weighted by Crippen LogP contribution is -2.32. The lowest BCUT2D eigenvalue weighted by molar-refractivity contribution is 0.0913. The van der Waals surface area contributed by atoms with Gasteiger partial charge in [-0.1, -0.05) is 19.0 Å². The van der Waals surface area contributed by atoms with E-state index in [-0.39, 0.29) is 17.9 Å². The second kappa shape index (κ2) is 8.00. The van der Waals surface area contributed by atoms with Crippen molar-refractivity contribution in [1.29, 1.82) is 0 Å². The summed E-state index contributed by atoms with van der Waals surface area (Å²) in [7, 11) is 0. The highest BCUT2D eigenvalue weighted by Crippen LogP contribution is 2.39. The molecule has 0 radical (unpaired) electrons. The van der Waals surface area contributed by atoms with E-state index in [0.717, 1.165) is 47.2 Å². The first-order valence-electron chi connectivity index (χ1n) is 11.2. The highest BCUT2D eigenvalue weighted by molar-refractivity contribution is 5.96. The SMILES string of the molecule is Cc1cc(C(=O)NC(c2nc(C3CC3)no2)C(C)C)c(C)n1-c1ccc2c(c1)OCCO2. The number of benzene rings is 1. The van der Waals surface area contributed by atoms with Crippen molar-refractivity contribution in [3.63, 3.8) is 0 Å². The third kappa shape index (κ3) is 3.74. The van der Waals surface area contributed by atoms with Gasteiger partial charge in [0, 0.05) is 29.1 Å². The number of nitrogens with one attached hydrogen (secondary N) is 1. The molecular formula is C24H28N4O4. The van der Waals surface area contributed by atoms with E-state index >= 15 is 0 Å². The van der Waals surface area contributed by atoms with Gasteiger partial charge >= 0.3 is 0 Å². The summed E-state index contributed by atoms with van der Waals surface area (Å²) in [6.45, 7) is 9.08. The average molecular weight is 437 g/mol. The van der Waals surface area contributed by atoms with Crippen LogP contribution in [0, 0.1) is 19.8 Å². The number of ether oxygens (including phenoxy) is 2. The minimum Gasteiger partial charge on any atom is -0.486 e. The summed E-state index contributed by atoms with van der Waals surface area (Å²) >= 11 is 0. The van der Waals surface area contributed by atoms with Gasteiger partial charge in [-0.25, -0.2) is 0 Å². The number of hydrogen-bond donors (Lipinski definition) is 1. The number of carbonyl (C=O) groups is 1. The maximum atomic E-state index is 13.3. The van der Waals surface area contributed by atoms with Crippen molar-refractivity contribution in [2.24, 2.45) is 5.92 Å². The van der Waals surface area contributed by atoms with Crippen LogP contribution in [-0.2, 0) is 0 Å². The van der Waals surface area contributed by atoms with Gasteiger partial charge in [0.25, 0.3) is 5.91 Å². The molecule has 3 aromatic rings. The van der Waals surface area contributed by atoms with Gasteiger partial charge in [0.15, 0.2) is 17.3 Å². The van der Waals surface area contributed by atoms with Gasteiger partial charge < -0.3 is 23.9 Å². The standard InChI is InChI=1S/C24H28N4O4/c1-13(2)21(24-26-22(27-32-24)16-5-6-16)25-23(29)18-11-14(3)28(15(18)4)17-7-8-19-20(12-17)31-10-9-30-19/h7-8,11-13,16,21H,5-6,9-10H2,1-4H3,(H,25,29). The van der Waals surface area contributed by atoms with Gasteiger partial charge in [0.05, 0.1) is 5.56 Å². The molecule has 2 aromatic heterocycles. The molecule has 0 bridgehead atoms. The number of rotatable bonds is 6. The fourth-order valence-corrected chi connectivity index (χ4v) is 4.17. The molecule has 0 spiro atoms. The maximum absolute atomic E-state index is 13.3. The molecule has 1 aliphatic heterocycles. The van der Waals surface area contributed by atoms with Crippen LogP contribution in [0.3, 0.4) is 0 Å². The molecular weight excluding hydrogens is 408 g/mol. The van der Waals surface area contributed by atoms with Gasteiger partial charge in [-0.15, -0.1) is 0 Å². The summed E-state index contributed by atoms with van der Waals surface area (Å²) in [5.74, 6) is 3.02. The normalized spacial score (nSPS) is 16.3. The van der Waals surface area contributed by atoms with Gasteiger partial charge in [0.2, 0.25) is 5.89 Å². The Kier molecular flexibility index (Phi) is 5.15. The number of hydrogen-bond acceptors (Lipinski definition) is 6. The highest BCUT2D eigenvalue weighted by Gasteiger charge is 2.32. The van der Waals surface area contributed by atoms with Crippen LogP contribution >= 0.6 is 0 Å². The van der Waals surface area contributed by atoms with Crippen molar-refractivity contribution in [3.05, 3.63) is 52.9 Å². The Labute approximate surface area is 186 Å². The molecule has 3 heterocycles. The summed E-state index contributed by atoms with van der Waals surface area (Å²) in [6.07, 6.45) is 2.20. The minimum absolute atomic E-state index is 0.104. The van der Waals surface area contributed by atoms with E-state index in [4.69, 9.17) is 14.0 Å². The Balaban J connectivity index is 1.41. The van der Waals surface area contributed by atoms with E-state index in [2.05, 4.69) is 20.0 Å². The molecule has 32 heavy (non-hydrogen) atoms. The third-order valence-corrected chi connectivity index (χ3v) is 6.08. The smallest absolute Gasteiger partial charge is 0.253 e. The van der Waals surface area contributed by atoms with Crippen LogP contribution in [0.25, 0.3) is 5.69 Å². The average Bonchev–Trinajstić information content (AvgIpc) is 3.44. The van der Waals surface area contributed by atoms with Crippen molar-refractivity contribution < 1.29 is 18.8 Å². The number of carbonyl (C=O) groups excluding carboxylic acids is 1. The molecule has 8 nitrogen and oxygen atoms in total. The van der Waals surface area contributed by atoms with Crippen molar-refractivity contribution in [2.75, 3.05) is 13.2 Å². The van der Waals surface area contributed by atoms with E-state index in [0.29, 0.717) is 30.6 Å². The minimum atomic E-state index is -0.347. The van der Waals surface area contributed by atoms with Gasteiger partial charge in [-0.2, -0.15) is 4.98 Å². The van der Waals surface area contributed by atoms with Crippen LogP contribution in [0.5, 0.6) is 11.5 Å². The fourth-order valence-electron chi connectivity index (χ4n) is 4.17. The lowest BCUT2D eigenvalue weighted by Gasteiger charge is -2.20. The zero-order chi connectivity index (χ0) is 22.4. The largest absolute Gasteiger partial charge is 0.486 e. The number of aromatic nitrogens is 3. The van der Waals surface area contributed by atoms with Crippen molar-refractivity contribution in [2.45, 2.75) is 52.5 Å². The zero-order valence-corrected chi connectivity index (χ0v) is 18.8. The molecule has 168 valence electrons. The summed E-state index contributed by atoms with van der Waals surface area (Å²) in [5.41, 5.74) is 3.35. The van der Waals surface area contributed by atoms with Gasteiger partial charge in [-0.05, 0) is 50.8 Å². The van der Waals surface area contributed by atoms with E-state index in [1.807, 2.05) is 52.0 Å². The molecule has 1 aromatic carbocycles. The number of aryl methyl sites for hydroxylation is 1. The molecule has 8 heteroatoms. The second-order valence-corrected chi connectivity index (χ2v) is 8.91. The van der Waals surface area contributed by atoms with Crippen LogP contribution < -0.4 is 14.8 Å². The van der Waals surface area contributed by atoms with E-state index in [1.165, 1.54) is 0 Å². The number of fused-ring (bicyclic) bond motifs is 1. The highest BCUT2D eigenvalue weighted by atomic mass is 16.6. The Morgan fingerprint density at radius 2 is 1.88 bits per heavy atom. The molecule has 1 atom stereocenters. The molecule has 1 amide bonds. The Morgan fingerprint density at radius 3 is 2.59 bits per heavy atom. The first kappa shape index (κ1) is 20.6. The number of nitrogens with zero attached hydrogens (tertiary/aromatic N) is 3. The molecule has 1 aliphatic carbocycles. The van der Waals surface area contributed by atoms with Crippen LogP contribution in [0.2, 0.25) is 0 Å². The predicted molar refractivity (Wildman–Crippen MR) is 118 cm³/mol. The van der Waals surface area contributed by atoms with E-state index in [9.17, 15) is 4.79 Å². The van der Waals surface area contributed by atoms with Gasteiger partial charge in [-0.3, -0.25) is 4.79 Å². The molecule has 5 rings (SSSR count). The van der Waals surface area contributed by atoms with E-state index in [1.54, 1.807) is 0 Å². The van der Waals surface area contributed by atoms with Crippen molar-refractivity contribution in [3.8, 4) is 17.2 Å². The van der Waals surface area contributed by atoms with Gasteiger partial charge in [0.1, 0.15) is 19.3 Å². The summed E-state index contributed by atoms with van der Waals surface area (Å²) < 4.78 is 18.9. The fraction of sp³-hybridized carbons (Fsp3) is 0.458. The molecule has 1 N–H and O–H groups in total. The predicted octanol–water partition coefficient (Wildman–Crippen LogP) is 4.25. The molecule has 2 aliphatic rings. The quantitative estimate of drug-likeness (QED) is 0.621. The van der Waals surface area contributed by atoms with Crippen LogP contribution in [-0.4, -0.2) is 33.8 Å². The molecule has 1 fully saturated rings. The van der Waals surface area contributed by atoms with Crippen LogP contribution in [0.1, 0.15) is 72.1 Å². The molecule has 0 saturated heterocycles. The van der Waals surface area contributed by atoms with Crippen LogP contribution in [0.4, 0.5) is 0 Å². The van der Waals surface area contributed by atoms with Crippen molar-refractivity contribution >= 4 is 5.91 Å². The second-order valence-electron chi connectivity index (χ2n) is 8.91. The third-order valence-electron chi connectivity index (χ3n) is 6.08. The summed E-state index contributed by atoms with van der Waals surface area (Å²) in [6, 6.07) is 7.39.